The highest BCUT2D eigenvalue weighted by molar-refractivity contribution is 6.53. The fraction of sp³-hybridized carbons (Fsp3) is 0. The van der Waals surface area contributed by atoms with E-state index in [9.17, 15) is 14.4 Å². The minimum atomic E-state index is -0.608. The number of nitrogens with zero attached hydrogens (tertiary/aromatic N) is 1. The third-order valence-corrected chi connectivity index (χ3v) is 5.06. The lowest BCUT2D eigenvalue weighted by atomic mass is 10.2. The van der Waals surface area contributed by atoms with E-state index in [0.29, 0.717) is 27.7 Å². The van der Waals surface area contributed by atoms with Gasteiger partial charge in [0.15, 0.2) is 0 Å². The standard InChI is InChI=1S/C23H14Cl2N2O4/c24-15-8-12-18(13-9-15)31-23(30)14-6-10-16(11-7-14)26-20-19(25)21(28)27(22(20)29)17-4-2-1-3-5-17/h1-13,26H. The topological polar surface area (TPSA) is 75.7 Å². The molecule has 1 aliphatic rings. The molecule has 4 rings (SSSR count). The minimum Gasteiger partial charge on any atom is -0.423 e. The van der Waals surface area contributed by atoms with Crippen molar-refractivity contribution in [3.05, 3.63) is 100 Å². The van der Waals surface area contributed by atoms with Gasteiger partial charge in [0.05, 0.1) is 11.3 Å². The smallest absolute Gasteiger partial charge is 0.343 e. The van der Waals surface area contributed by atoms with Gasteiger partial charge in [-0.15, -0.1) is 0 Å². The quantitative estimate of drug-likeness (QED) is 0.335. The monoisotopic (exact) mass is 452 g/mol. The maximum absolute atomic E-state index is 12.8. The molecule has 1 aliphatic heterocycles. The summed E-state index contributed by atoms with van der Waals surface area (Å²) in [6.45, 7) is 0. The van der Waals surface area contributed by atoms with Gasteiger partial charge in [-0.1, -0.05) is 41.4 Å². The molecule has 0 aliphatic carbocycles. The summed E-state index contributed by atoms with van der Waals surface area (Å²) in [6, 6.07) is 21.1. The van der Waals surface area contributed by atoms with E-state index in [4.69, 9.17) is 27.9 Å². The number of hydrogen-bond donors (Lipinski definition) is 1. The number of rotatable bonds is 5. The Morgan fingerprint density at radius 3 is 2.10 bits per heavy atom. The molecular formula is C23H14Cl2N2O4. The van der Waals surface area contributed by atoms with Crippen molar-refractivity contribution >= 4 is 52.4 Å². The lowest BCUT2D eigenvalue weighted by molar-refractivity contribution is -0.120. The van der Waals surface area contributed by atoms with Crippen molar-refractivity contribution in [2.45, 2.75) is 0 Å². The van der Waals surface area contributed by atoms with Crippen molar-refractivity contribution in [2.24, 2.45) is 0 Å². The lowest BCUT2D eigenvalue weighted by Gasteiger charge is -2.14. The van der Waals surface area contributed by atoms with E-state index in [1.165, 1.54) is 12.1 Å². The minimum absolute atomic E-state index is 0.0352. The van der Waals surface area contributed by atoms with Crippen molar-refractivity contribution in [2.75, 3.05) is 10.2 Å². The number of para-hydroxylation sites is 1. The number of benzene rings is 3. The van der Waals surface area contributed by atoms with Gasteiger partial charge in [-0.25, -0.2) is 9.69 Å². The molecule has 0 saturated carbocycles. The predicted octanol–water partition coefficient (Wildman–Crippen LogP) is 4.99. The lowest BCUT2D eigenvalue weighted by Crippen LogP contribution is -2.32. The Balaban J connectivity index is 1.47. The SMILES string of the molecule is O=C(Oc1ccc(Cl)cc1)c1ccc(NC2=C(Cl)C(=O)N(c3ccccc3)C2=O)cc1. The number of halogens is 2. The maximum atomic E-state index is 12.8. The Bertz CT molecular complexity index is 1190. The van der Waals surface area contributed by atoms with Crippen LogP contribution < -0.4 is 15.0 Å². The van der Waals surface area contributed by atoms with Crippen LogP contribution in [0.25, 0.3) is 0 Å². The van der Waals surface area contributed by atoms with Gasteiger partial charge in [-0.2, -0.15) is 0 Å². The van der Waals surface area contributed by atoms with E-state index in [2.05, 4.69) is 5.32 Å². The third-order valence-electron chi connectivity index (χ3n) is 4.46. The van der Waals surface area contributed by atoms with Crippen LogP contribution in [0.4, 0.5) is 11.4 Å². The normalized spacial score (nSPS) is 13.5. The number of esters is 1. The van der Waals surface area contributed by atoms with Crippen LogP contribution in [0.5, 0.6) is 5.75 Å². The predicted molar refractivity (Wildman–Crippen MR) is 118 cm³/mol. The largest absolute Gasteiger partial charge is 0.423 e. The molecule has 1 N–H and O–H groups in total. The van der Waals surface area contributed by atoms with Crippen LogP contribution in [0.1, 0.15) is 10.4 Å². The zero-order chi connectivity index (χ0) is 22.0. The van der Waals surface area contributed by atoms with Crippen molar-refractivity contribution in [1.82, 2.24) is 0 Å². The van der Waals surface area contributed by atoms with Crippen LogP contribution in [0.2, 0.25) is 5.02 Å². The van der Waals surface area contributed by atoms with Crippen molar-refractivity contribution in [3.63, 3.8) is 0 Å². The summed E-state index contributed by atoms with van der Waals surface area (Å²) in [5, 5.41) is 3.19. The molecule has 0 fully saturated rings. The van der Waals surface area contributed by atoms with Gasteiger partial charge < -0.3 is 10.1 Å². The molecule has 0 aromatic heterocycles. The van der Waals surface area contributed by atoms with Gasteiger partial charge in [0.25, 0.3) is 11.8 Å². The van der Waals surface area contributed by atoms with E-state index >= 15 is 0 Å². The molecule has 6 nitrogen and oxygen atoms in total. The summed E-state index contributed by atoms with van der Waals surface area (Å²) in [5.74, 6) is -1.35. The third kappa shape index (κ3) is 4.30. The molecule has 0 spiro atoms. The van der Waals surface area contributed by atoms with Gasteiger partial charge in [0, 0.05) is 10.7 Å². The zero-order valence-corrected chi connectivity index (χ0v) is 17.4. The fourth-order valence-electron chi connectivity index (χ4n) is 2.93. The van der Waals surface area contributed by atoms with Crippen LogP contribution in [-0.2, 0) is 9.59 Å². The molecule has 0 unspecified atom stereocenters. The number of anilines is 2. The molecule has 2 amide bonds. The van der Waals surface area contributed by atoms with Crippen molar-refractivity contribution < 1.29 is 19.1 Å². The number of carbonyl (C=O) groups is 3. The summed E-state index contributed by atoms with van der Waals surface area (Å²) in [7, 11) is 0. The number of imide groups is 1. The molecule has 3 aromatic carbocycles. The Morgan fingerprint density at radius 2 is 1.45 bits per heavy atom. The van der Waals surface area contributed by atoms with Crippen LogP contribution in [-0.4, -0.2) is 17.8 Å². The van der Waals surface area contributed by atoms with Crippen LogP contribution >= 0.6 is 23.2 Å². The summed E-state index contributed by atoms with van der Waals surface area (Å²) < 4.78 is 5.29. The Labute approximate surface area is 187 Å². The molecule has 1 heterocycles. The number of ether oxygens (including phenoxy) is 1. The average Bonchev–Trinajstić information content (AvgIpc) is 2.99. The summed E-state index contributed by atoms with van der Waals surface area (Å²) in [5.41, 5.74) is 1.17. The van der Waals surface area contributed by atoms with Crippen LogP contribution in [0.3, 0.4) is 0 Å². The molecular weight excluding hydrogens is 439 g/mol. The Hall–Kier alpha value is -3.61. The first-order valence-corrected chi connectivity index (χ1v) is 9.88. The van der Waals surface area contributed by atoms with E-state index in [0.717, 1.165) is 4.90 Å². The summed E-state index contributed by atoms with van der Waals surface area (Å²) in [4.78, 5) is 38.5. The first kappa shape index (κ1) is 20.7. The second-order valence-electron chi connectivity index (χ2n) is 6.52. The summed E-state index contributed by atoms with van der Waals surface area (Å²) >= 11 is 11.9. The molecule has 0 bridgehead atoms. The van der Waals surface area contributed by atoms with Gasteiger partial charge in [-0.3, -0.25) is 9.59 Å². The van der Waals surface area contributed by atoms with E-state index < -0.39 is 17.8 Å². The molecule has 31 heavy (non-hydrogen) atoms. The second kappa shape index (κ2) is 8.63. The zero-order valence-electron chi connectivity index (χ0n) is 15.8. The first-order chi connectivity index (χ1) is 14.9. The molecule has 0 radical (unpaired) electrons. The van der Waals surface area contributed by atoms with E-state index in [-0.39, 0.29) is 10.7 Å². The average molecular weight is 453 g/mol. The van der Waals surface area contributed by atoms with Gasteiger partial charge in [0.2, 0.25) is 0 Å². The van der Waals surface area contributed by atoms with Crippen molar-refractivity contribution in [1.29, 1.82) is 0 Å². The molecule has 0 saturated heterocycles. The van der Waals surface area contributed by atoms with Gasteiger partial charge >= 0.3 is 5.97 Å². The second-order valence-corrected chi connectivity index (χ2v) is 7.33. The highest BCUT2D eigenvalue weighted by atomic mass is 35.5. The van der Waals surface area contributed by atoms with Crippen molar-refractivity contribution in [3.8, 4) is 5.75 Å². The van der Waals surface area contributed by atoms with Crippen LogP contribution in [0.15, 0.2) is 89.6 Å². The number of carbonyl (C=O) groups excluding carboxylic acids is 3. The fourth-order valence-corrected chi connectivity index (χ4v) is 3.26. The van der Waals surface area contributed by atoms with Crippen LogP contribution in [0, 0.1) is 0 Å². The number of amides is 2. The highest BCUT2D eigenvalue weighted by Crippen LogP contribution is 2.30. The Kier molecular flexibility index (Phi) is 5.75. The first-order valence-electron chi connectivity index (χ1n) is 9.12. The number of nitrogens with one attached hydrogen (secondary N) is 1. The van der Waals surface area contributed by atoms with E-state index in [1.807, 2.05) is 0 Å². The van der Waals surface area contributed by atoms with E-state index in [1.54, 1.807) is 66.7 Å². The highest BCUT2D eigenvalue weighted by Gasteiger charge is 2.38. The maximum Gasteiger partial charge on any atom is 0.343 e. The van der Waals surface area contributed by atoms with Gasteiger partial charge in [0.1, 0.15) is 16.5 Å². The molecule has 0 atom stereocenters. The Morgan fingerprint density at radius 1 is 0.806 bits per heavy atom. The van der Waals surface area contributed by atoms with Gasteiger partial charge in [-0.05, 0) is 60.7 Å². The molecule has 154 valence electrons. The molecule has 3 aromatic rings. The number of hydrogen-bond acceptors (Lipinski definition) is 5. The summed E-state index contributed by atoms with van der Waals surface area (Å²) in [6.07, 6.45) is 0. The molecule has 8 heteroatoms.